The molecule has 0 heterocycles. The molecule has 0 saturated heterocycles. The maximum Gasteiger partial charge on any atom is 0.316 e. The second-order valence-electron chi connectivity index (χ2n) is 8.86. The Labute approximate surface area is 193 Å². The van der Waals surface area contributed by atoms with E-state index in [1.807, 2.05) is 45.0 Å². The lowest BCUT2D eigenvalue weighted by atomic mass is 10.1. The number of esters is 1. The van der Waals surface area contributed by atoms with Gasteiger partial charge in [-0.25, -0.2) is 0 Å². The summed E-state index contributed by atoms with van der Waals surface area (Å²) in [5.41, 5.74) is -0.483. The van der Waals surface area contributed by atoms with Gasteiger partial charge in [-0.05, 0) is 51.5 Å². The molecule has 0 bridgehead atoms. The molecule has 0 radical (unpaired) electrons. The number of thioether (sulfide) groups is 1. The van der Waals surface area contributed by atoms with Crippen LogP contribution in [0.5, 0.6) is 11.5 Å². The number of ether oxygens (including phenoxy) is 3. The van der Waals surface area contributed by atoms with Crippen molar-refractivity contribution in [3.05, 3.63) is 24.3 Å². The maximum absolute atomic E-state index is 11.7. The predicted octanol–water partition coefficient (Wildman–Crippen LogP) is 6.02. The first-order valence-electron chi connectivity index (χ1n) is 11.6. The van der Waals surface area contributed by atoms with Gasteiger partial charge in [-0.1, -0.05) is 51.9 Å². The van der Waals surface area contributed by atoms with Crippen LogP contribution < -0.4 is 9.47 Å². The summed E-state index contributed by atoms with van der Waals surface area (Å²) in [5, 5.41) is 10.0. The van der Waals surface area contributed by atoms with Crippen molar-refractivity contribution in [3.8, 4) is 11.5 Å². The quantitative estimate of drug-likeness (QED) is 0.229. The second-order valence-corrected chi connectivity index (χ2v) is 9.89. The van der Waals surface area contributed by atoms with Gasteiger partial charge in [-0.3, -0.25) is 4.79 Å². The highest BCUT2D eigenvalue weighted by Crippen LogP contribution is 2.19. The SMILES string of the molecule is CCCCCCCCCCOc1ccc(OCC(O)CSCC(=O)OC(C)(C)C)cc1. The molecule has 0 saturated carbocycles. The standard InChI is InChI=1S/C25H42O5S/c1-5-6-7-8-9-10-11-12-17-28-22-13-15-23(16-14-22)29-18-21(26)19-31-20-24(27)30-25(2,3)4/h13-16,21,26H,5-12,17-20H2,1-4H3. The van der Waals surface area contributed by atoms with Gasteiger partial charge in [0.05, 0.1) is 18.5 Å². The Kier molecular flexibility index (Phi) is 14.5. The van der Waals surface area contributed by atoms with Crippen LogP contribution in [-0.4, -0.2) is 47.5 Å². The minimum atomic E-state index is -0.648. The molecule has 1 N–H and O–H groups in total. The van der Waals surface area contributed by atoms with Crippen LogP contribution in [0, 0.1) is 0 Å². The Hall–Kier alpha value is -1.40. The van der Waals surface area contributed by atoms with Crippen LogP contribution in [0.1, 0.15) is 79.1 Å². The van der Waals surface area contributed by atoms with E-state index in [4.69, 9.17) is 14.2 Å². The molecule has 5 nitrogen and oxygen atoms in total. The molecule has 0 spiro atoms. The van der Waals surface area contributed by atoms with Crippen molar-refractivity contribution >= 4 is 17.7 Å². The number of carbonyl (C=O) groups excluding carboxylic acids is 1. The van der Waals surface area contributed by atoms with Crippen LogP contribution in [0.4, 0.5) is 0 Å². The molecule has 1 rings (SSSR count). The lowest BCUT2D eigenvalue weighted by Gasteiger charge is -2.19. The van der Waals surface area contributed by atoms with Crippen molar-refractivity contribution in [2.45, 2.75) is 90.8 Å². The van der Waals surface area contributed by atoms with E-state index in [9.17, 15) is 9.90 Å². The van der Waals surface area contributed by atoms with E-state index in [-0.39, 0.29) is 18.3 Å². The van der Waals surface area contributed by atoms with Crippen molar-refractivity contribution in [2.24, 2.45) is 0 Å². The van der Waals surface area contributed by atoms with Gasteiger partial charge in [0.25, 0.3) is 0 Å². The Morgan fingerprint density at radius 1 is 0.935 bits per heavy atom. The molecule has 1 aromatic rings. The molecule has 1 unspecified atom stereocenters. The van der Waals surface area contributed by atoms with E-state index in [0.29, 0.717) is 11.5 Å². The summed E-state index contributed by atoms with van der Waals surface area (Å²) in [5.74, 6) is 1.89. The fourth-order valence-electron chi connectivity index (χ4n) is 2.95. The fourth-order valence-corrected chi connectivity index (χ4v) is 3.66. The third-order valence-electron chi connectivity index (χ3n) is 4.48. The molecule has 178 valence electrons. The lowest BCUT2D eigenvalue weighted by Crippen LogP contribution is -2.26. The first kappa shape index (κ1) is 27.6. The molecule has 6 heteroatoms. The van der Waals surface area contributed by atoms with E-state index < -0.39 is 11.7 Å². The number of carbonyl (C=O) groups is 1. The van der Waals surface area contributed by atoms with Gasteiger partial charge in [0.1, 0.15) is 23.7 Å². The van der Waals surface area contributed by atoms with E-state index in [1.165, 1.54) is 56.7 Å². The zero-order valence-corrected chi connectivity index (χ0v) is 20.7. The largest absolute Gasteiger partial charge is 0.494 e. The first-order chi connectivity index (χ1) is 14.8. The van der Waals surface area contributed by atoms with E-state index in [0.717, 1.165) is 18.8 Å². The summed E-state index contributed by atoms with van der Waals surface area (Å²) >= 11 is 1.34. The highest BCUT2D eigenvalue weighted by atomic mass is 32.2. The highest BCUT2D eigenvalue weighted by Gasteiger charge is 2.16. The number of unbranched alkanes of at least 4 members (excludes halogenated alkanes) is 7. The van der Waals surface area contributed by atoms with Gasteiger partial charge in [0.2, 0.25) is 0 Å². The minimum absolute atomic E-state index is 0.180. The molecule has 0 aromatic heterocycles. The van der Waals surface area contributed by atoms with E-state index >= 15 is 0 Å². The number of rotatable bonds is 17. The Morgan fingerprint density at radius 2 is 1.48 bits per heavy atom. The predicted molar refractivity (Wildman–Crippen MR) is 129 cm³/mol. The minimum Gasteiger partial charge on any atom is -0.494 e. The highest BCUT2D eigenvalue weighted by molar-refractivity contribution is 7.99. The number of hydrogen-bond acceptors (Lipinski definition) is 6. The number of hydrogen-bond donors (Lipinski definition) is 1. The topological polar surface area (TPSA) is 65.0 Å². The van der Waals surface area contributed by atoms with Gasteiger partial charge in [0, 0.05) is 5.75 Å². The molecule has 0 aliphatic rings. The van der Waals surface area contributed by atoms with Crippen LogP contribution in [0.3, 0.4) is 0 Å². The molecule has 0 aliphatic heterocycles. The van der Waals surface area contributed by atoms with Crippen molar-refractivity contribution in [2.75, 3.05) is 24.7 Å². The average molecular weight is 455 g/mol. The summed E-state index contributed by atoms with van der Waals surface area (Å²) in [6.07, 6.45) is 9.65. The van der Waals surface area contributed by atoms with Gasteiger partial charge in [-0.2, -0.15) is 0 Å². The normalized spacial score (nSPS) is 12.4. The molecular weight excluding hydrogens is 412 g/mol. The second kappa shape index (κ2) is 16.3. The van der Waals surface area contributed by atoms with E-state index in [1.54, 1.807) is 0 Å². The molecule has 31 heavy (non-hydrogen) atoms. The van der Waals surface area contributed by atoms with Crippen LogP contribution >= 0.6 is 11.8 Å². The summed E-state index contributed by atoms with van der Waals surface area (Å²) in [6.45, 7) is 8.68. The van der Waals surface area contributed by atoms with Crippen LogP contribution in [-0.2, 0) is 9.53 Å². The molecule has 0 amide bonds. The van der Waals surface area contributed by atoms with Gasteiger partial charge < -0.3 is 19.3 Å². The van der Waals surface area contributed by atoms with Crippen molar-refractivity contribution in [1.29, 1.82) is 0 Å². The number of benzene rings is 1. The molecule has 0 fully saturated rings. The van der Waals surface area contributed by atoms with Crippen LogP contribution in [0.2, 0.25) is 0 Å². The summed E-state index contributed by atoms with van der Waals surface area (Å²) < 4.78 is 16.7. The third kappa shape index (κ3) is 16.0. The molecular formula is C25H42O5S. The number of aliphatic hydroxyl groups excluding tert-OH is 1. The van der Waals surface area contributed by atoms with Crippen LogP contribution in [0.25, 0.3) is 0 Å². The van der Waals surface area contributed by atoms with Crippen molar-refractivity contribution in [1.82, 2.24) is 0 Å². The van der Waals surface area contributed by atoms with E-state index in [2.05, 4.69) is 6.92 Å². The Balaban J connectivity index is 2.10. The number of aliphatic hydroxyl groups is 1. The monoisotopic (exact) mass is 454 g/mol. The Bertz CT molecular complexity index is 583. The lowest BCUT2D eigenvalue weighted by molar-refractivity contribution is -0.151. The summed E-state index contributed by atoms with van der Waals surface area (Å²) in [4.78, 5) is 11.7. The van der Waals surface area contributed by atoms with Gasteiger partial charge >= 0.3 is 5.97 Å². The molecule has 1 aromatic carbocycles. The fraction of sp³-hybridized carbons (Fsp3) is 0.720. The summed E-state index contributed by atoms with van der Waals surface area (Å²) in [6, 6.07) is 7.49. The van der Waals surface area contributed by atoms with Gasteiger partial charge in [-0.15, -0.1) is 11.8 Å². The van der Waals surface area contributed by atoms with Crippen LogP contribution in [0.15, 0.2) is 24.3 Å². The smallest absolute Gasteiger partial charge is 0.316 e. The average Bonchev–Trinajstić information content (AvgIpc) is 2.70. The van der Waals surface area contributed by atoms with Crippen molar-refractivity contribution < 1.29 is 24.1 Å². The zero-order chi connectivity index (χ0) is 23.0. The molecule has 1 atom stereocenters. The zero-order valence-electron chi connectivity index (χ0n) is 19.9. The summed E-state index contributed by atoms with van der Waals surface area (Å²) in [7, 11) is 0. The third-order valence-corrected chi connectivity index (χ3v) is 5.54. The molecule has 0 aliphatic carbocycles. The maximum atomic E-state index is 11.7. The first-order valence-corrected chi connectivity index (χ1v) is 12.8. The Morgan fingerprint density at radius 3 is 2.06 bits per heavy atom. The van der Waals surface area contributed by atoms with Crippen molar-refractivity contribution in [3.63, 3.8) is 0 Å². The van der Waals surface area contributed by atoms with Gasteiger partial charge in [0.15, 0.2) is 0 Å².